The summed E-state index contributed by atoms with van der Waals surface area (Å²) in [6, 6.07) is 2.06. The van der Waals surface area contributed by atoms with Crippen LogP contribution >= 0.6 is 27.3 Å². The maximum Gasteiger partial charge on any atom is 0.309 e. The van der Waals surface area contributed by atoms with E-state index >= 15 is 0 Å². The van der Waals surface area contributed by atoms with Crippen LogP contribution in [0.4, 0.5) is 0 Å². The zero-order valence-electron chi connectivity index (χ0n) is 9.78. The topological polar surface area (TPSA) is 40.5 Å². The first-order valence-electron chi connectivity index (χ1n) is 5.69. The molecule has 17 heavy (non-hydrogen) atoms. The fourth-order valence-electron chi connectivity index (χ4n) is 2.06. The van der Waals surface area contributed by atoms with Gasteiger partial charge in [0.05, 0.1) is 5.41 Å². The maximum absolute atomic E-state index is 11.1. The fraction of sp³-hybridized carbons (Fsp3) is 0.583. The van der Waals surface area contributed by atoms with E-state index in [1.54, 1.807) is 11.3 Å². The molecule has 1 aliphatic heterocycles. The first-order valence-corrected chi connectivity index (χ1v) is 7.36. The highest BCUT2D eigenvalue weighted by atomic mass is 79.9. The predicted molar refractivity (Wildman–Crippen MR) is 72.3 cm³/mol. The van der Waals surface area contributed by atoms with Crippen LogP contribution in [-0.2, 0) is 11.3 Å². The van der Waals surface area contributed by atoms with Crippen molar-refractivity contribution in [2.75, 3.05) is 13.1 Å². The lowest BCUT2D eigenvalue weighted by atomic mass is 9.80. The molecule has 0 saturated carbocycles. The summed E-state index contributed by atoms with van der Waals surface area (Å²) < 4.78 is 1.16. The highest BCUT2D eigenvalue weighted by Gasteiger charge is 2.36. The monoisotopic (exact) mass is 317 g/mol. The average molecular weight is 318 g/mol. The number of likely N-dealkylation sites (tertiary alicyclic amines) is 1. The number of thiophene rings is 1. The second-order valence-electron chi connectivity index (χ2n) is 4.83. The van der Waals surface area contributed by atoms with E-state index in [1.807, 2.05) is 6.92 Å². The standard InChI is InChI=1S/C12H16BrNO2S/c1-12(11(15)16)3-5-14(6-4-12)8-10-9(13)2-7-17-10/h2,7H,3-6,8H2,1H3,(H,15,16). The van der Waals surface area contributed by atoms with Gasteiger partial charge >= 0.3 is 5.97 Å². The van der Waals surface area contributed by atoms with Crippen molar-refractivity contribution in [3.63, 3.8) is 0 Å². The van der Waals surface area contributed by atoms with E-state index in [0.29, 0.717) is 0 Å². The second kappa shape index (κ2) is 5.08. The van der Waals surface area contributed by atoms with Gasteiger partial charge in [0.15, 0.2) is 0 Å². The fourth-order valence-corrected chi connectivity index (χ4v) is 3.58. The molecule has 1 N–H and O–H groups in total. The van der Waals surface area contributed by atoms with Gasteiger partial charge in [-0.3, -0.25) is 9.69 Å². The molecule has 2 rings (SSSR count). The van der Waals surface area contributed by atoms with E-state index in [-0.39, 0.29) is 0 Å². The Kier molecular flexibility index (Phi) is 3.90. The van der Waals surface area contributed by atoms with Crippen molar-refractivity contribution in [2.45, 2.75) is 26.3 Å². The highest BCUT2D eigenvalue weighted by molar-refractivity contribution is 9.10. The summed E-state index contributed by atoms with van der Waals surface area (Å²) in [5.41, 5.74) is -0.525. The summed E-state index contributed by atoms with van der Waals surface area (Å²) in [5, 5.41) is 11.2. The number of carbonyl (C=O) groups is 1. The minimum absolute atomic E-state index is 0.525. The normalized spacial score (nSPS) is 20.4. The number of carboxylic acid groups (broad SMARTS) is 1. The molecule has 0 bridgehead atoms. The summed E-state index contributed by atoms with van der Waals surface area (Å²) in [6.07, 6.45) is 1.48. The van der Waals surface area contributed by atoms with E-state index in [2.05, 4.69) is 32.3 Å². The van der Waals surface area contributed by atoms with E-state index in [4.69, 9.17) is 5.11 Å². The highest BCUT2D eigenvalue weighted by Crippen LogP contribution is 2.33. The van der Waals surface area contributed by atoms with Crippen molar-refractivity contribution < 1.29 is 9.90 Å². The Hall–Kier alpha value is -0.390. The molecule has 2 heterocycles. The molecule has 3 nitrogen and oxygen atoms in total. The molecular formula is C12H16BrNO2S. The molecule has 1 aliphatic rings. The molecule has 1 aromatic rings. The van der Waals surface area contributed by atoms with E-state index in [0.717, 1.165) is 36.9 Å². The summed E-state index contributed by atoms with van der Waals surface area (Å²) in [4.78, 5) is 14.8. The van der Waals surface area contributed by atoms with Crippen molar-refractivity contribution in [2.24, 2.45) is 5.41 Å². The lowest BCUT2D eigenvalue weighted by Crippen LogP contribution is -2.42. The van der Waals surface area contributed by atoms with Crippen LogP contribution in [0.15, 0.2) is 15.9 Å². The van der Waals surface area contributed by atoms with Crippen LogP contribution in [0.2, 0.25) is 0 Å². The minimum atomic E-state index is -0.658. The molecule has 1 saturated heterocycles. The summed E-state index contributed by atoms with van der Waals surface area (Å²) in [7, 11) is 0. The molecule has 0 aliphatic carbocycles. The first-order chi connectivity index (χ1) is 8.01. The van der Waals surface area contributed by atoms with Gasteiger partial charge in [-0.15, -0.1) is 11.3 Å². The Bertz CT molecular complexity index is 410. The molecule has 0 atom stereocenters. The van der Waals surface area contributed by atoms with Crippen LogP contribution < -0.4 is 0 Å². The summed E-state index contributed by atoms with van der Waals surface area (Å²) in [5.74, 6) is -0.658. The van der Waals surface area contributed by atoms with Gasteiger partial charge in [-0.25, -0.2) is 0 Å². The quantitative estimate of drug-likeness (QED) is 0.930. The third-order valence-electron chi connectivity index (χ3n) is 3.53. The van der Waals surface area contributed by atoms with Gasteiger partial charge in [0.2, 0.25) is 0 Å². The Balaban J connectivity index is 1.92. The van der Waals surface area contributed by atoms with Gasteiger partial charge in [-0.05, 0) is 60.2 Å². The molecule has 1 fully saturated rings. The van der Waals surface area contributed by atoms with Gasteiger partial charge in [0.1, 0.15) is 0 Å². The van der Waals surface area contributed by atoms with Crippen LogP contribution in [0, 0.1) is 5.41 Å². The van der Waals surface area contributed by atoms with Crippen molar-refractivity contribution in [1.29, 1.82) is 0 Å². The number of rotatable bonds is 3. The largest absolute Gasteiger partial charge is 0.481 e. The van der Waals surface area contributed by atoms with Crippen LogP contribution in [0.25, 0.3) is 0 Å². The minimum Gasteiger partial charge on any atom is -0.481 e. The average Bonchev–Trinajstić information content (AvgIpc) is 2.68. The van der Waals surface area contributed by atoms with Crippen LogP contribution in [-0.4, -0.2) is 29.1 Å². The van der Waals surface area contributed by atoms with Crippen molar-refractivity contribution >= 4 is 33.2 Å². The van der Waals surface area contributed by atoms with Crippen molar-refractivity contribution in [3.05, 3.63) is 20.8 Å². The number of halogens is 1. The molecule has 94 valence electrons. The number of nitrogens with zero attached hydrogens (tertiary/aromatic N) is 1. The van der Waals surface area contributed by atoms with Crippen LogP contribution in [0.1, 0.15) is 24.6 Å². The van der Waals surface area contributed by atoms with Gasteiger partial charge in [0, 0.05) is 15.9 Å². The van der Waals surface area contributed by atoms with Gasteiger partial charge < -0.3 is 5.11 Å². The lowest BCUT2D eigenvalue weighted by molar-refractivity contribution is -0.150. The summed E-state index contributed by atoms with van der Waals surface area (Å²) in [6.45, 7) is 4.52. The molecular weight excluding hydrogens is 302 g/mol. The first kappa shape index (κ1) is 13.1. The number of hydrogen-bond donors (Lipinski definition) is 1. The van der Waals surface area contributed by atoms with E-state index < -0.39 is 11.4 Å². The Labute approximate surface area is 114 Å². The Morgan fingerprint density at radius 1 is 1.59 bits per heavy atom. The zero-order chi connectivity index (χ0) is 12.5. The smallest absolute Gasteiger partial charge is 0.309 e. The van der Waals surface area contributed by atoms with E-state index in [1.165, 1.54) is 4.88 Å². The third-order valence-corrected chi connectivity index (χ3v) is 5.45. The van der Waals surface area contributed by atoms with Gasteiger partial charge in [-0.2, -0.15) is 0 Å². The number of carboxylic acids is 1. The Morgan fingerprint density at radius 3 is 2.71 bits per heavy atom. The number of hydrogen-bond acceptors (Lipinski definition) is 3. The summed E-state index contributed by atoms with van der Waals surface area (Å²) >= 11 is 5.27. The van der Waals surface area contributed by atoms with Gasteiger partial charge in [-0.1, -0.05) is 0 Å². The second-order valence-corrected chi connectivity index (χ2v) is 6.69. The van der Waals surface area contributed by atoms with Crippen molar-refractivity contribution in [1.82, 2.24) is 4.90 Å². The van der Waals surface area contributed by atoms with Crippen molar-refractivity contribution in [3.8, 4) is 0 Å². The Morgan fingerprint density at radius 2 is 2.24 bits per heavy atom. The third kappa shape index (κ3) is 2.89. The molecule has 0 spiro atoms. The number of aliphatic carboxylic acids is 1. The maximum atomic E-state index is 11.1. The SMILES string of the molecule is CC1(C(=O)O)CCN(Cc2sccc2Br)CC1. The number of piperidine rings is 1. The molecule has 1 aromatic heterocycles. The molecule has 5 heteroatoms. The molecule has 0 amide bonds. The predicted octanol–water partition coefficient (Wildman–Crippen LogP) is 3.20. The van der Waals surface area contributed by atoms with Crippen LogP contribution in [0.5, 0.6) is 0 Å². The molecule has 0 unspecified atom stereocenters. The zero-order valence-corrected chi connectivity index (χ0v) is 12.2. The van der Waals surface area contributed by atoms with Gasteiger partial charge in [0.25, 0.3) is 0 Å². The van der Waals surface area contributed by atoms with Crippen LogP contribution in [0.3, 0.4) is 0 Å². The molecule has 0 aromatic carbocycles. The van der Waals surface area contributed by atoms with E-state index in [9.17, 15) is 4.79 Å². The molecule has 0 radical (unpaired) electrons. The lowest BCUT2D eigenvalue weighted by Gasteiger charge is -2.36.